The van der Waals surface area contributed by atoms with Gasteiger partial charge in [0.1, 0.15) is 17.0 Å². The van der Waals surface area contributed by atoms with Gasteiger partial charge in [0.15, 0.2) is 0 Å². The van der Waals surface area contributed by atoms with Crippen molar-refractivity contribution in [2.24, 2.45) is 0 Å². The molecule has 176 valence electrons. The van der Waals surface area contributed by atoms with Gasteiger partial charge in [0.25, 0.3) is 0 Å². The SMILES string of the molecule is CC1(C)c2cc(-c3cccc4c3oc3ccccc34)ccc2-n2c(-c3ccccc3)nc3cccc1c32. The number of para-hydroxylation sites is 3. The van der Waals surface area contributed by atoms with Gasteiger partial charge in [0.05, 0.1) is 16.7 Å². The Kier molecular flexibility index (Phi) is 4.00. The molecule has 1 aliphatic rings. The molecule has 0 unspecified atom stereocenters. The zero-order valence-corrected chi connectivity index (χ0v) is 20.7. The number of hydrogen-bond acceptors (Lipinski definition) is 2. The first-order chi connectivity index (χ1) is 18.1. The summed E-state index contributed by atoms with van der Waals surface area (Å²) in [6.07, 6.45) is 0. The Morgan fingerprint density at radius 3 is 2.35 bits per heavy atom. The minimum atomic E-state index is -0.184. The van der Waals surface area contributed by atoms with Crippen LogP contribution in [-0.2, 0) is 5.41 Å². The summed E-state index contributed by atoms with van der Waals surface area (Å²) in [6, 6.07) is 38.6. The molecule has 0 saturated heterocycles. The molecule has 2 aromatic heterocycles. The van der Waals surface area contributed by atoms with Crippen LogP contribution in [-0.4, -0.2) is 9.55 Å². The number of hydrogen-bond donors (Lipinski definition) is 0. The Hall–Kier alpha value is -4.63. The van der Waals surface area contributed by atoms with Gasteiger partial charge in [-0.2, -0.15) is 0 Å². The van der Waals surface area contributed by atoms with Crippen LogP contribution < -0.4 is 0 Å². The van der Waals surface area contributed by atoms with E-state index in [0.29, 0.717) is 0 Å². The first kappa shape index (κ1) is 20.6. The van der Waals surface area contributed by atoms with Gasteiger partial charge in [0.2, 0.25) is 0 Å². The molecule has 0 amide bonds. The van der Waals surface area contributed by atoms with E-state index in [4.69, 9.17) is 9.40 Å². The Morgan fingerprint density at radius 2 is 1.46 bits per heavy atom. The van der Waals surface area contributed by atoms with Crippen LogP contribution in [0.5, 0.6) is 0 Å². The molecule has 37 heavy (non-hydrogen) atoms. The molecule has 0 saturated carbocycles. The highest BCUT2D eigenvalue weighted by molar-refractivity contribution is 6.09. The maximum Gasteiger partial charge on any atom is 0.145 e. The molecule has 3 heteroatoms. The summed E-state index contributed by atoms with van der Waals surface area (Å²) in [5.74, 6) is 0.979. The smallest absolute Gasteiger partial charge is 0.145 e. The van der Waals surface area contributed by atoms with E-state index in [-0.39, 0.29) is 5.41 Å². The molecule has 0 aliphatic carbocycles. The standard InChI is InChI=1S/C34H24N2O/c1-34(2)26-15-9-16-28-31(26)36(33(35-28)21-10-4-3-5-11-21)29-19-18-22(20-27(29)34)23-13-8-14-25-24-12-6-7-17-30(24)37-32(23)25/h3-20H,1-2H3. The van der Waals surface area contributed by atoms with Gasteiger partial charge >= 0.3 is 0 Å². The summed E-state index contributed by atoms with van der Waals surface area (Å²) in [5.41, 5.74) is 11.1. The first-order valence-corrected chi connectivity index (χ1v) is 12.7. The normalized spacial score (nSPS) is 13.9. The third-order valence-electron chi connectivity index (χ3n) is 8.01. The highest BCUT2D eigenvalue weighted by Crippen LogP contribution is 2.47. The lowest BCUT2D eigenvalue weighted by molar-refractivity contribution is 0.629. The predicted molar refractivity (Wildman–Crippen MR) is 151 cm³/mol. The van der Waals surface area contributed by atoms with E-state index in [1.807, 2.05) is 12.1 Å². The number of benzene rings is 5. The Morgan fingerprint density at radius 1 is 0.676 bits per heavy atom. The van der Waals surface area contributed by atoms with Gasteiger partial charge in [-0.25, -0.2) is 4.98 Å². The van der Waals surface area contributed by atoms with Crippen molar-refractivity contribution in [2.45, 2.75) is 19.3 Å². The summed E-state index contributed by atoms with van der Waals surface area (Å²) < 4.78 is 8.74. The molecule has 0 spiro atoms. The topological polar surface area (TPSA) is 31.0 Å². The first-order valence-electron chi connectivity index (χ1n) is 12.7. The van der Waals surface area contributed by atoms with Crippen LogP contribution in [0.25, 0.3) is 61.2 Å². The molecule has 3 nitrogen and oxygen atoms in total. The molecule has 8 rings (SSSR count). The summed E-state index contributed by atoms with van der Waals surface area (Å²) >= 11 is 0. The third-order valence-corrected chi connectivity index (χ3v) is 8.01. The van der Waals surface area contributed by atoms with Crippen molar-refractivity contribution in [3.63, 3.8) is 0 Å². The number of furan rings is 1. The molecule has 0 radical (unpaired) electrons. The Bertz CT molecular complexity index is 2010. The molecule has 0 bridgehead atoms. The van der Waals surface area contributed by atoms with Crippen LogP contribution in [0.15, 0.2) is 114 Å². The zero-order valence-electron chi connectivity index (χ0n) is 20.7. The fourth-order valence-electron chi connectivity index (χ4n) is 6.17. The second kappa shape index (κ2) is 7.21. The number of nitrogens with zero attached hydrogens (tertiary/aromatic N) is 2. The van der Waals surface area contributed by atoms with Gasteiger partial charge in [-0.3, -0.25) is 4.57 Å². The fourth-order valence-corrected chi connectivity index (χ4v) is 6.17. The molecule has 7 aromatic rings. The van der Waals surface area contributed by atoms with Crippen LogP contribution in [0.2, 0.25) is 0 Å². The van der Waals surface area contributed by atoms with Crippen molar-refractivity contribution in [1.82, 2.24) is 9.55 Å². The molecule has 5 aromatic carbocycles. The van der Waals surface area contributed by atoms with Crippen molar-refractivity contribution < 1.29 is 4.42 Å². The maximum atomic E-state index is 6.39. The number of aromatic nitrogens is 2. The van der Waals surface area contributed by atoms with Crippen molar-refractivity contribution in [3.8, 4) is 28.2 Å². The van der Waals surface area contributed by atoms with E-state index in [9.17, 15) is 0 Å². The van der Waals surface area contributed by atoms with Crippen LogP contribution >= 0.6 is 0 Å². The van der Waals surface area contributed by atoms with Gasteiger partial charge in [-0.05, 0) is 41.0 Å². The van der Waals surface area contributed by atoms with Crippen molar-refractivity contribution in [1.29, 1.82) is 0 Å². The highest BCUT2D eigenvalue weighted by atomic mass is 16.3. The minimum Gasteiger partial charge on any atom is -0.455 e. The van der Waals surface area contributed by atoms with Crippen LogP contribution in [0.3, 0.4) is 0 Å². The average molecular weight is 477 g/mol. The largest absolute Gasteiger partial charge is 0.455 e. The Balaban J connectivity index is 1.42. The van der Waals surface area contributed by atoms with Gasteiger partial charge in [0, 0.05) is 27.3 Å². The summed E-state index contributed by atoms with van der Waals surface area (Å²) in [5, 5.41) is 2.30. The van der Waals surface area contributed by atoms with E-state index in [0.717, 1.165) is 50.0 Å². The van der Waals surface area contributed by atoms with E-state index >= 15 is 0 Å². The number of rotatable bonds is 2. The zero-order chi connectivity index (χ0) is 24.7. The number of imidazole rings is 1. The number of fused-ring (bicyclic) bond motifs is 5. The molecule has 3 heterocycles. The quantitative estimate of drug-likeness (QED) is 0.249. The lowest BCUT2D eigenvalue weighted by Gasteiger charge is -2.35. The van der Waals surface area contributed by atoms with E-state index < -0.39 is 0 Å². The minimum absolute atomic E-state index is 0.184. The van der Waals surface area contributed by atoms with Crippen LogP contribution in [0, 0.1) is 0 Å². The average Bonchev–Trinajstić information content (AvgIpc) is 3.51. The van der Waals surface area contributed by atoms with E-state index in [1.54, 1.807) is 0 Å². The van der Waals surface area contributed by atoms with E-state index in [2.05, 4.69) is 115 Å². The molecule has 0 fully saturated rings. The lowest BCUT2D eigenvalue weighted by Crippen LogP contribution is -2.26. The van der Waals surface area contributed by atoms with Gasteiger partial charge in [-0.1, -0.05) is 98.8 Å². The molecule has 1 aliphatic heterocycles. The summed E-state index contributed by atoms with van der Waals surface area (Å²) in [4.78, 5) is 5.11. The highest BCUT2D eigenvalue weighted by Gasteiger charge is 2.36. The van der Waals surface area contributed by atoms with Gasteiger partial charge < -0.3 is 4.42 Å². The molecular formula is C34H24N2O. The molecule has 0 atom stereocenters. The van der Waals surface area contributed by atoms with E-state index in [1.165, 1.54) is 22.3 Å². The van der Waals surface area contributed by atoms with Crippen LogP contribution in [0.1, 0.15) is 25.0 Å². The fraction of sp³-hybridized carbons (Fsp3) is 0.0882. The third kappa shape index (κ3) is 2.74. The second-order valence-corrected chi connectivity index (χ2v) is 10.4. The molecule has 0 N–H and O–H groups in total. The Labute approximate surface area is 214 Å². The van der Waals surface area contributed by atoms with Crippen molar-refractivity contribution in [2.75, 3.05) is 0 Å². The maximum absolute atomic E-state index is 6.39. The summed E-state index contributed by atoms with van der Waals surface area (Å²) in [6.45, 7) is 4.65. The monoisotopic (exact) mass is 476 g/mol. The summed E-state index contributed by atoms with van der Waals surface area (Å²) in [7, 11) is 0. The van der Waals surface area contributed by atoms with Gasteiger partial charge in [-0.15, -0.1) is 0 Å². The predicted octanol–water partition coefficient (Wildman–Crippen LogP) is 8.90. The van der Waals surface area contributed by atoms with Crippen molar-refractivity contribution >= 4 is 33.0 Å². The molecular weight excluding hydrogens is 452 g/mol. The second-order valence-electron chi connectivity index (χ2n) is 10.4. The van der Waals surface area contributed by atoms with Crippen molar-refractivity contribution in [3.05, 3.63) is 120 Å². The lowest BCUT2D eigenvalue weighted by atomic mass is 9.74. The van der Waals surface area contributed by atoms with Crippen LogP contribution in [0.4, 0.5) is 0 Å².